The van der Waals surface area contributed by atoms with Crippen LogP contribution in [-0.2, 0) is 16.1 Å². The summed E-state index contributed by atoms with van der Waals surface area (Å²) in [6.45, 7) is 1.23. The van der Waals surface area contributed by atoms with E-state index in [1.165, 1.54) is 0 Å². The Kier molecular flexibility index (Phi) is 7.30. The second-order valence-electron chi connectivity index (χ2n) is 3.75. The van der Waals surface area contributed by atoms with Crippen molar-refractivity contribution in [3.63, 3.8) is 0 Å². The number of hydrogen-bond acceptors (Lipinski definition) is 3. The van der Waals surface area contributed by atoms with Gasteiger partial charge in [-0.15, -0.1) is 0 Å². The highest BCUT2D eigenvalue weighted by Gasteiger charge is 2.05. The number of benzene rings is 1. The Morgan fingerprint density at radius 1 is 1.24 bits per heavy atom. The summed E-state index contributed by atoms with van der Waals surface area (Å²) < 4.78 is 10.9. The molecule has 0 bridgehead atoms. The maximum absolute atomic E-state index is 8.62. The molecule has 0 aromatic heterocycles. The molecule has 94 valence electrons. The summed E-state index contributed by atoms with van der Waals surface area (Å²) in [7, 11) is 1.67. The fraction of sp³-hybridized carbons (Fsp3) is 0.429. The van der Waals surface area contributed by atoms with Gasteiger partial charge in [-0.3, -0.25) is 0 Å². The van der Waals surface area contributed by atoms with E-state index in [0.717, 1.165) is 12.0 Å². The van der Waals surface area contributed by atoms with Gasteiger partial charge in [0.1, 0.15) is 0 Å². The van der Waals surface area contributed by atoms with E-state index in [9.17, 15) is 0 Å². The monoisotopic (exact) mass is 236 g/mol. The largest absolute Gasteiger partial charge is 0.392 e. The Hall–Kier alpha value is -1.16. The molecule has 0 amide bonds. The van der Waals surface area contributed by atoms with E-state index in [-0.39, 0.29) is 12.7 Å². The minimum Gasteiger partial charge on any atom is -0.392 e. The van der Waals surface area contributed by atoms with Crippen molar-refractivity contribution < 1.29 is 14.6 Å². The third-order valence-corrected chi connectivity index (χ3v) is 2.42. The van der Waals surface area contributed by atoms with E-state index in [1.54, 1.807) is 13.2 Å². The van der Waals surface area contributed by atoms with Crippen molar-refractivity contribution in [3.05, 3.63) is 48.0 Å². The van der Waals surface area contributed by atoms with Gasteiger partial charge in [-0.2, -0.15) is 0 Å². The first-order chi connectivity index (χ1) is 8.36. The molecule has 0 saturated carbocycles. The number of aliphatic hydroxyl groups is 1. The first-order valence-corrected chi connectivity index (χ1v) is 5.77. The molecule has 3 heteroatoms. The van der Waals surface area contributed by atoms with Crippen LogP contribution < -0.4 is 0 Å². The molecule has 1 rings (SSSR count). The molecule has 1 aromatic rings. The van der Waals surface area contributed by atoms with Crippen molar-refractivity contribution in [2.24, 2.45) is 0 Å². The lowest BCUT2D eigenvalue weighted by atomic mass is 10.2. The summed E-state index contributed by atoms with van der Waals surface area (Å²) in [6.07, 6.45) is 4.41. The van der Waals surface area contributed by atoms with Gasteiger partial charge in [0.25, 0.3) is 0 Å². The lowest BCUT2D eigenvalue weighted by Gasteiger charge is -2.13. The van der Waals surface area contributed by atoms with Gasteiger partial charge in [-0.25, -0.2) is 0 Å². The summed E-state index contributed by atoms with van der Waals surface area (Å²) >= 11 is 0. The molecular formula is C14H20O3. The SMILES string of the molecule is CO[C@@H](C/C=C/CO)COCc1ccccc1. The highest BCUT2D eigenvalue weighted by Crippen LogP contribution is 2.04. The number of ether oxygens (including phenoxy) is 2. The smallest absolute Gasteiger partial charge is 0.0839 e. The third kappa shape index (κ3) is 6.22. The highest BCUT2D eigenvalue weighted by atomic mass is 16.5. The van der Waals surface area contributed by atoms with Gasteiger partial charge in [-0.05, 0) is 12.0 Å². The van der Waals surface area contributed by atoms with Crippen LogP contribution in [0.1, 0.15) is 12.0 Å². The van der Waals surface area contributed by atoms with Crippen LogP contribution >= 0.6 is 0 Å². The quantitative estimate of drug-likeness (QED) is 0.703. The summed E-state index contributed by atoms with van der Waals surface area (Å²) in [5.74, 6) is 0. The van der Waals surface area contributed by atoms with Crippen LogP contribution in [0.3, 0.4) is 0 Å². The van der Waals surface area contributed by atoms with E-state index in [0.29, 0.717) is 13.2 Å². The third-order valence-electron chi connectivity index (χ3n) is 2.42. The minimum atomic E-state index is 0.0431. The topological polar surface area (TPSA) is 38.7 Å². The molecule has 1 aromatic carbocycles. The summed E-state index contributed by atoms with van der Waals surface area (Å²) in [4.78, 5) is 0. The molecule has 0 unspecified atom stereocenters. The van der Waals surface area contributed by atoms with E-state index < -0.39 is 0 Å². The second-order valence-corrected chi connectivity index (χ2v) is 3.75. The Labute approximate surface area is 103 Å². The zero-order chi connectivity index (χ0) is 12.3. The second kappa shape index (κ2) is 8.93. The summed E-state index contributed by atoms with van der Waals surface area (Å²) in [5, 5.41) is 8.62. The fourth-order valence-electron chi connectivity index (χ4n) is 1.44. The average molecular weight is 236 g/mol. The summed E-state index contributed by atoms with van der Waals surface area (Å²) in [5.41, 5.74) is 1.16. The first-order valence-electron chi connectivity index (χ1n) is 5.77. The molecule has 1 N–H and O–H groups in total. The van der Waals surface area contributed by atoms with Crippen LogP contribution in [0.25, 0.3) is 0 Å². The Bertz CT molecular complexity index is 309. The van der Waals surface area contributed by atoms with Gasteiger partial charge in [0, 0.05) is 7.11 Å². The van der Waals surface area contributed by atoms with Crippen molar-refractivity contribution in [1.29, 1.82) is 0 Å². The van der Waals surface area contributed by atoms with E-state index >= 15 is 0 Å². The van der Waals surface area contributed by atoms with Gasteiger partial charge < -0.3 is 14.6 Å². The minimum absolute atomic E-state index is 0.0431. The molecule has 3 nitrogen and oxygen atoms in total. The van der Waals surface area contributed by atoms with Crippen LogP contribution in [-0.4, -0.2) is 31.5 Å². The van der Waals surface area contributed by atoms with Crippen LogP contribution in [0, 0.1) is 0 Å². The van der Waals surface area contributed by atoms with Crippen LogP contribution in [0.2, 0.25) is 0 Å². The molecule has 1 atom stereocenters. The Morgan fingerprint density at radius 3 is 2.65 bits per heavy atom. The lowest BCUT2D eigenvalue weighted by Crippen LogP contribution is -2.17. The fourth-order valence-corrected chi connectivity index (χ4v) is 1.44. The molecule has 0 heterocycles. The molecular weight excluding hydrogens is 216 g/mol. The van der Waals surface area contributed by atoms with E-state index in [1.807, 2.05) is 36.4 Å². The van der Waals surface area contributed by atoms with Gasteiger partial charge in [0.05, 0.1) is 25.9 Å². The zero-order valence-electron chi connectivity index (χ0n) is 10.2. The molecule has 0 radical (unpaired) electrons. The standard InChI is InChI=1S/C14H20O3/c1-16-14(9-5-6-10-15)12-17-11-13-7-3-2-4-8-13/h2-8,14-15H,9-12H2,1H3/b6-5+/t14-/m0/s1. The van der Waals surface area contributed by atoms with Crippen molar-refractivity contribution in [1.82, 2.24) is 0 Å². The lowest BCUT2D eigenvalue weighted by molar-refractivity contribution is 0.00377. The number of methoxy groups -OCH3 is 1. The first kappa shape index (κ1) is 13.9. The summed E-state index contributed by atoms with van der Waals surface area (Å²) in [6, 6.07) is 10.1. The maximum atomic E-state index is 8.62. The van der Waals surface area contributed by atoms with Crippen LogP contribution in [0.4, 0.5) is 0 Å². The van der Waals surface area contributed by atoms with Crippen molar-refractivity contribution >= 4 is 0 Å². The Morgan fingerprint density at radius 2 is 2.00 bits per heavy atom. The van der Waals surface area contributed by atoms with E-state index in [2.05, 4.69) is 0 Å². The molecule has 0 aliphatic heterocycles. The van der Waals surface area contributed by atoms with Gasteiger partial charge in [-0.1, -0.05) is 42.5 Å². The van der Waals surface area contributed by atoms with Gasteiger partial charge in [0.15, 0.2) is 0 Å². The molecule has 17 heavy (non-hydrogen) atoms. The average Bonchev–Trinajstić information content (AvgIpc) is 2.38. The van der Waals surface area contributed by atoms with Crippen molar-refractivity contribution in [2.45, 2.75) is 19.1 Å². The number of hydrogen-bond donors (Lipinski definition) is 1. The van der Waals surface area contributed by atoms with Crippen LogP contribution in [0.15, 0.2) is 42.5 Å². The molecule has 0 aliphatic rings. The molecule has 0 spiro atoms. The number of aliphatic hydroxyl groups excluding tert-OH is 1. The predicted molar refractivity (Wildman–Crippen MR) is 67.7 cm³/mol. The van der Waals surface area contributed by atoms with Crippen molar-refractivity contribution in [3.8, 4) is 0 Å². The molecule has 0 saturated heterocycles. The normalized spacial score (nSPS) is 13.1. The predicted octanol–water partition coefficient (Wildman–Crippen LogP) is 2.16. The zero-order valence-corrected chi connectivity index (χ0v) is 10.2. The molecule has 0 aliphatic carbocycles. The Balaban J connectivity index is 2.21. The van der Waals surface area contributed by atoms with Crippen molar-refractivity contribution in [2.75, 3.05) is 20.3 Å². The highest BCUT2D eigenvalue weighted by molar-refractivity contribution is 5.13. The van der Waals surface area contributed by atoms with E-state index in [4.69, 9.17) is 14.6 Å². The molecule has 0 fully saturated rings. The van der Waals surface area contributed by atoms with Crippen LogP contribution in [0.5, 0.6) is 0 Å². The van der Waals surface area contributed by atoms with Gasteiger partial charge in [0.2, 0.25) is 0 Å². The maximum Gasteiger partial charge on any atom is 0.0839 e. The van der Waals surface area contributed by atoms with Gasteiger partial charge >= 0.3 is 0 Å². The number of rotatable bonds is 8.